The molecular weight excluding hydrogens is 260 g/mol. The van der Waals surface area contributed by atoms with E-state index in [2.05, 4.69) is 53.6 Å². The molecule has 0 aliphatic heterocycles. The first-order valence-electron chi connectivity index (χ1n) is 7.06. The van der Waals surface area contributed by atoms with Gasteiger partial charge < -0.3 is 5.32 Å². The molecule has 0 spiro atoms. The number of nitrogens with one attached hydrogen (secondary N) is 1. The van der Waals surface area contributed by atoms with E-state index in [-0.39, 0.29) is 0 Å². The van der Waals surface area contributed by atoms with E-state index in [1.807, 2.05) is 13.8 Å². The van der Waals surface area contributed by atoms with Crippen LogP contribution in [0.2, 0.25) is 0 Å². The van der Waals surface area contributed by atoms with Gasteiger partial charge in [0.2, 0.25) is 0 Å². The predicted molar refractivity (Wildman–Crippen MR) is 84.3 cm³/mol. The molecule has 1 heterocycles. The summed E-state index contributed by atoms with van der Waals surface area (Å²) in [7, 11) is 0. The lowest BCUT2D eigenvalue weighted by molar-refractivity contribution is 0.926. The molecule has 1 aromatic heterocycles. The second kappa shape index (κ2) is 6.36. The monoisotopic (exact) mass is 280 g/mol. The average molecular weight is 280 g/mol. The van der Waals surface area contributed by atoms with Gasteiger partial charge in [0.1, 0.15) is 11.6 Å². The third kappa shape index (κ3) is 3.57. The van der Waals surface area contributed by atoms with E-state index >= 15 is 0 Å². The molecule has 0 aliphatic carbocycles. The molecule has 0 amide bonds. The smallest absolute Gasteiger partial charge is 0.166 e. The van der Waals surface area contributed by atoms with Gasteiger partial charge in [0.25, 0.3) is 0 Å². The van der Waals surface area contributed by atoms with Crippen LogP contribution in [0, 0.1) is 39.0 Å². The summed E-state index contributed by atoms with van der Waals surface area (Å²) < 4.78 is 0. The quantitative estimate of drug-likeness (QED) is 0.934. The minimum Gasteiger partial charge on any atom is -0.367 e. The van der Waals surface area contributed by atoms with Crippen molar-refractivity contribution in [3.05, 3.63) is 51.7 Å². The van der Waals surface area contributed by atoms with Gasteiger partial charge >= 0.3 is 0 Å². The van der Waals surface area contributed by atoms with Crippen LogP contribution in [0.3, 0.4) is 0 Å². The molecule has 1 aromatic carbocycles. The Bertz CT molecular complexity index is 678. The molecular formula is C17H20N4. The highest BCUT2D eigenvalue weighted by molar-refractivity contribution is 5.55. The lowest BCUT2D eigenvalue weighted by Gasteiger charge is -2.10. The Morgan fingerprint density at radius 3 is 2.33 bits per heavy atom. The fraction of sp³-hybridized carbons (Fsp3) is 0.353. The topological polar surface area (TPSA) is 61.6 Å². The Labute approximate surface area is 125 Å². The van der Waals surface area contributed by atoms with E-state index in [4.69, 9.17) is 0 Å². The van der Waals surface area contributed by atoms with Crippen LogP contribution in [0.15, 0.2) is 18.2 Å². The Morgan fingerprint density at radius 2 is 1.71 bits per heavy atom. The van der Waals surface area contributed by atoms with E-state index in [1.165, 1.54) is 16.7 Å². The van der Waals surface area contributed by atoms with E-state index in [1.54, 1.807) is 0 Å². The summed E-state index contributed by atoms with van der Waals surface area (Å²) in [5.74, 6) is 0.574. The van der Waals surface area contributed by atoms with Crippen molar-refractivity contribution < 1.29 is 0 Å². The first kappa shape index (κ1) is 15.0. The van der Waals surface area contributed by atoms with Gasteiger partial charge in [-0.1, -0.05) is 29.3 Å². The Balaban J connectivity index is 2.07. The van der Waals surface area contributed by atoms with Gasteiger partial charge in [0.15, 0.2) is 5.82 Å². The van der Waals surface area contributed by atoms with Gasteiger partial charge in [-0.05, 0) is 45.2 Å². The van der Waals surface area contributed by atoms with E-state index in [0.29, 0.717) is 11.4 Å². The number of aryl methyl sites for hydroxylation is 3. The summed E-state index contributed by atoms with van der Waals surface area (Å²) >= 11 is 0. The van der Waals surface area contributed by atoms with Crippen molar-refractivity contribution >= 4 is 5.82 Å². The van der Waals surface area contributed by atoms with Crippen LogP contribution in [-0.4, -0.2) is 16.7 Å². The molecule has 0 unspecified atom stereocenters. The standard InChI is InChI=1S/C17H20N4/c1-11-7-12(2)9-15(8-11)5-6-19-17-16(10-18)13(3)14(4)20-21-17/h7-9H,5-6H2,1-4H3,(H,19,21). The third-order valence-electron chi connectivity index (χ3n) is 3.55. The molecule has 2 aromatic rings. The Morgan fingerprint density at radius 1 is 1.05 bits per heavy atom. The summed E-state index contributed by atoms with van der Waals surface area (Å²) in [6.07, 6.45) is 0.891. The van der Waals surface area contributed by atoms with Crippen LogP contribution in [0.5, 0.6) is 0 Å². The highest BCUT2D eigenvalue weighted by Gasteiger charge is 2.10. The number of aromatic nitrogens is 2. The summed E-state index contributed by atoms with van der Waals surface area (Å²) in [4.78, 5) is 0. The van der Waals surface area contributed by atoms with Gasteiger partial charge in [-0.15, -0.1) is 5.10 Å². The third-order valence-corrected chi connectivity index (χ3v) is 3.55. The SMILES string of the molecule is Cc1cc(C)cc(CCNc2nnc(C)c(C)c2C#N)c1. The zero-order chi connectivity index (χ0) is 15.4. The second-order valence-corrected chi connectivity index (χ2v) is 5.42. The number of nitriles is 1. The Kier molecular flexibility index (Phi) is 4.54. The second-order valence-electron chi connectivity index (χ2n) is 5.42. The molecule has 0 saturated heterocycles. The molecule has 0 fully saturated rings. The molecule has 2 rings (SSSR count). The number of hydrogen-bond donors (Lipinski definition) is 1. The Hall–Kier alpha value is -2.41. The maximum Gasteiger partial charge on any atom is 0.166 e. The molecule has 1 N–H and O–H groups in total. The highest BCUT2D eigenvalue weighted by Crippen LogP contribution is 2.17. The van der Waals surface area contributed by atoms with Crippen molar-refractivity contribution in [3.63, 3.8) is 0 Å². The first-order valence-corrected chi connectivity index (χ1v) is 7.06. The molecule has 21 heavy (non-hydrogen) atoms. The fourth-order valence-electron chi connectivity index (χ4n) is 2.41. The van der Waals surface area contributed by atoms with Crippen molar-refractivity contribution in [3.8, 4) is 6.07 Å². The number of anilines is 1. The molecule has 0 atom stereocenters. The number of benzene rings is 1. The molecule has 0 radical (unpaired) electrons. The zero-order valence-corrected chi connectivity index (χ0v) is 13.0. The van der Waals surface area contributed by atoms with Gasteiger partial charge in [-0.3, -0.25) is 0 Å². The number of nitrogens with zero attached hydrogens (tertiary/aromatic N) is 3. The lowest BCUT2D eigenvalue weighted by Crippen LogP contribution is -2.10. The van der Waals surface area contributed by atoms with Gasteiger partial charge in [-0.25, -0.2) is 0 Å². The molecule has 0 aliphatic rings. The largest absolute Gasteiger partial charge is 0.367 e. The van der Waals surface area contributed by atoms with Crippen molar-refractivity contribution in [2.75, 3.05) is 11.9 Å². The predicted octanol–water partition coefficient (Wildman–Crippen LogP) is 3.24. The zero-order valence-electron chi connectivity index (χ0n) is 13.0. The highest BCUT2D eigenvalue weighted by atomic mass is 15.2. The maximum absolute atomic E-state index is 9.26. The van der Waals surface area contributed by atoms with Crippen LogP contribution in [-0.2, 0) is 6.42 Å². The van der Waals surface area contributed by atoms with Crippen LogP contribution < -0.4 is 5.32 Å². The fourth-order valence-corrected chi connectivity index (χ4v) is 2.41. The van der Waals surface area contributed by atoms with Gasteiger partial charge in [-0.2, -0.15) is 10.4 Å². The number of hydrogen-bond acceptors (Lipinski definition) is 4. The van der Waals surface area contributed by atoms with E-state index in [9.17, 15) is 5.26 Å². The normalized spacial score (nSPS) is 10.2. The minimum absolute atomic E-state index is 0.574. The van der Waals surface area contributed by atoms with Crippen LogP contribution in [0.4, 0.5) is 5.82 Å². The number of rotatable bonds is 4. The molecule has 4 nitrogen and oxygen atoms in total. The van der Waals surface area contributed by atoms with Crippen molar-refractivity contribution in [2.24, 2.45) is 0 Å². The molecule has 4 heteroatoms. The van der Waals surface area contributed by atoms with E-state index < -0.39 is 0 Å². The van der Waals surface area contributed by atoms with Crippen LogP contribution in [0.1, 0.15) is 33.5 Å². The molecule has 0 saturated carbocycles. The maximum atomic E-state index is 9.26. The summed E-state index contributed by atoms with van der Waals surface area (Å²) in [5.41, 5.74) is 6.11. The first-order chi connectivity index (χ1) is 10.0. The van der Waals surface area contributed by atoms with Gasteiger partial charge in [0.05, 0.1) is 5.69 Å². The lowest BCUT2D eigenvalue weighted by atomic mass is 10.1. The van der Waals surface area contributed by atoms with Crippen molar-refractivity contribution in [1.82, 2.24) is 10.2 Å². The minimum atomic E-state index is 0.574. The van der Waals surface area contributed by atoms with Crippen LogP contribution >= 0.6 is 0 Å². The summed E-state index contributed by atoms with van der Waals surface area (Å²) in [5, 5.41) is 20.6. The van der Waals surface area contributed by atoms with Crippen molar-refractivity contribution in [1.29, 1.82) is 5.26 Å². The van der Waals surface area contributed by atoms with E-state index in [0.717, 1.165) is 24.2 Å². The molecule has 0 bridgehead atoms. The van der Waals surface area contributed by atoms with Crippen LogP contribution in [0.25, 0.3) is 0 Å². The summed E-state index contributed by atoms with van der Waals surface area (Å²) in [6, 6.07) is 8.75. The summed E-state index contributed by atoms with van der Waals surface area (Å²) in [6.45, 7) is 8.70. The van der Waals surface area contributed by atoms with Crippen molar-refractivity contribution in [2.45, 2.75) is 34.1 Å². The molecule has 108 valence electrons. The average Bonchev–Trinajstić information content (AvgIpc) is 2.42. The van der Waals surface area contributed by atoms with Gasteiger partial charge in [0, 0.05) is 6.54 Å².